The Balaban J connectivity index is 2.97. The molecule has 2 N–H and O–H groups in total. The van der Waals surface area contributed by atoms with E-state index in [1.807, 2.05) is 0 Å². The van der Waals surface area contributed by atoms with Gasteiger partial charge in [0.25, 0.3) is 5.69 Å². The predicted octanol–water partition coefficient (Wildman–Crippen LogP) is 1.36. The number of benzene rings is 1. The van der Waals surface area contributed by atoms with Gasteiger partial charge in [-0.05, 0) is 19.8 Å². The summed E-state index contributed by atoms with van der Waals surface area (Å²) in [6.07, 6.45) is 0.111. The molecule has 0 aliphatic rings. The van der Waals surface area contributed by atoms with E-state index >= 15 is 0 Å². The maximum Gasteiger partial charge on any atom is 0.318 e. The van der Waals surface area contributed by atoms with Crippen LogP contribution in [0.1, 0.15) is 18.9 Å². The van der Waals surface area contributed by atoms with E-state index < -0.39 is 22.2 Å². The van der Waals surface area contributed by atoms with Crippen LogP contribution in [0.25, 0.3) is 0 Å². The Morgan fingerprint density at radius 1 is 1.40 bits per heavy atom. The molecule has 108 valence electrons. The lowest BCUT2D eigenvalue weighted by molar-refractivity contribution is -0.385. The summed E-state index contributed by atoms with van der Waals surface area (Å²) in [6, 6.07) is 6.09. The predicted molar refractivity (Wildman–Crippen MR) is 71.2 cm³/mol. The summed E-state index contributed by atoms with van der Waals surface area (Å²) >= 11 is 0. The van der Waals surface area contributed by atoms with Crippen molar-refractivity contribution < 1.29 is 19.6 Å². The highest BCUT2D eigenvalue weighted by atomic mass is 16.6. The van der Waals surface area contributed by atoms with Crippen molar-refractivity contribution in [2.24, 2.45) is 5.41 Å². The number of aryl methyl sites for hydroxylation is 1. The van der Waals surface area contributed by atoms with Crippen molar-refractivity contribution >= 4 is 17.6 Å². The molecule has 7 heteroatoms. The molecule has 1 amide bonds. The normalized spacial score (nSPS) is 13.3. The van der Waals surface area contributed by atoms with E-state index in [1.165, 1.54) is 26.1 Å². The Morgan fingerprint density at radius 2 is 2.00 bits per heavy atom. The number of para-hydroxylation sites is 1. The fourth-order valence-electron chi connectivity index (χ4n) is 1.88. The molecule has 1 aromatic rings. The third-order valence-electron chi connectivity index (χ3n) is 3.28. The maximum absolute atomic E-state index is 11.7. The minimum absolute atomic E-state index is 0.0210. The van der Waals surface area contributed by atoms with Gasteiger partial charge in [-0.25, -0.2) is 0 Å². The maximum atomic E-state index is 11.7. The number of carboxylic acids is 1. The van der Waals surface area contributed by atoms with Crippen molar-refractivity contribution in [1.29, 1.82) is 0 Å². The van der Waals surface area contributed by atoms with Crippen LogP contribution in [0.4, 0.5) is 5.69 Å². The molecule has 20 heavy (non-hydrogen) atoms. The summed E-state index contributed by atoms with van der Waals surface area (Å²) in [5, 5.41) is 22.4. The van der Waals surface area contributed by atoms with Crippen LogP contribution in [0, 0.1) is 15.5 Å². The monoisotopic (exact) mass is 280 g/mol. The van der Waals surface area contributed by atoms with Crippen LogP contribution in [0.2, 0.25) is 0 Å². The minimum atomic E-state index is -1.61. The Hall–Kier alpha value is -2.44. The zero-order valence-corrected chi connectivity index (χ0v) is 11.3. The van der Waals surface area contributed by atoms with E-state index in [1.54, 1.807) is 12.1 Å². The first-order valence-electron chi connectivity index (χ1n) is 6.01. The molecule has 7 nitrogen and oxygen atoms in total. The topological polar surface area (TPSA) is 110 Å². The molecule has 1 rings (SSSR count). The number of nitro benzene ring substituents is 1. The molecular weight excluding hydrogens is 264 g/mol. The van der Waals surface area contributed by atoms with Crippen molar-refractivity contribution in [3.8, 4) is 0 Å². The Labute approximate surface area is 115 Å². The summed E-state index contributed by atoms with van der Waals surface area (Å²) in [5.74, 6) is -1.88. The molecule has 0 fully saturated rings. The van der Waals surface area contributed by atoms with Crippen LogP contribution >= 0.6 is 0 Å². The molecule has 0 aliphatic heterocycles. The number of carboxylic acid groups (broad SMARTS) is 1. The molecule has 0 saturated heterocycles. The third kappa shape index (κ3) is 3.11. The number of rotatable bonds is 6. The van der Waals surface area contributed by atoms with Gasteiger partial charge in [0.05, 0.1) is 4.92 Å². The smallest absolute Gasteiger partial charge is 0.318 e. The van der Waals surface area contributed by atoms with Gasteiger partial charge in [-0.3, -0.25) is 19.7 Å². The van der Waals surface area contributed by atoms with Crippen LogP contribution in [0.5, 0.6) is 0 Å². The van der Waals surface area contributed by atoms with Gasteiger partial charge in [-0.1, -0.05) is 18.2 Å². The first-order chi connectivity index (χ1) is 9.32. The van der Waals surface area contributed by atoms with Crippen molar-refractivity contribution in [1.82, 2.24) is 5.32 Å². The second-order valence-corrected chi connectivity index (χ2v) is 4.60. The molecule has 0 bridgehead atoms. The minimum Gasteiger partial charge on any atom is -0.480 e. The fraction of sp³-hybridized carbons (Fsp3) is 0.385. The van der Waals surface area contributed by atoms with Crippen LogP contribution in [0.15, 0.2) is 24.3 Å². The zero-order chi connectivity index (χ0) is 15.3. The standard InChI is InChI=1S/C13H16N2O5/c1-13(12(17)18,11(16)14-2)8-7-9-5-3-4-6-10(9)15(19)20/h3-6H,7-8H2,1-2H3,(H,14,16)(H,17,18). The van der Waals surface area contributed by atoms with Crippen LogP contribution in [-0.2, 0) is 16.0 Å². The van der Waals surface area contributed by atoms with E-state index in [0.29, 0.717) is 5.56 Å². The molecule has 0 aromatic heterocycles. The Morgan fingerprint density at radius 3 is 2.50 bits per heavy atom. The number of hydrogen-bond acceptors (Lipinski definition) is 4. The highest BCUT2D eigenvalue weighted by Crippen LogP contribution is 2.27. The van der Waals surface area contributed by atoms with Gasteiger partial charge in [0.2, 0.25) is 5.91 Å². The molecule has 0 saturated carbocycles. The van der Waals surface area contributed by atoms with E-state index in [0.717, 1.165) is 0 Å². The number of nitro groups is 1. The number of nitrogens with zero attached hydrogens (tertiary/aromatic N) is 1. The number of carbonyl (C=O) groups excluding carboxylic acids is 1. The van der Waals surface area contributed by atoms with Crippen LogP contribution in [0.3, 0.4) is 0 Å². The van der Waals surface area contributed by atoms with Gasteiger partial charge in [0, 0.05) is 18.7 Å². The van der Waals surface area contributed by atoms with Gasteiger partial charge < -0.3 is 10.4 Å². The number of nitrogens with one attached hydrogen (secondary N) is 1. The van der Waals surface area contributed by atoms with Gasteiger partial charge in [0.1, 0.15) is 5.41 Å². The van der Waals surface area contributed by atoms with Crippen molar-refractivity contribution in [2.45, 2.75) is 19.8 Å². The molecule has 1 unspecified atom stereocenters. The quantitative estimate of drug-likeness (QED) is 0.464. The lowest BCUT2D eigenvalue weighted by Gasteiger charge is -2.22. The first-order valence-corrected chi connectivity index (χ1v) is 6.01. The molecule has 0 radical (unpaired) electrons. The molecule has 0 spiro atoms. The third-order valence-corrected chi connectivity index (χ3v) is 3.28. The largest absolute Gasteiger partial charge is 0.480 e. The molecular formula is C13H16N2O5. The van der Waals surface area contributed by atoms with E-state index in [2.05, 4.69) is 5.32 Å². The molecule has 1 atom stereocenters. The zero-order valence-electron chi connectivity index (χ0n) is 11.3. The van der Waals surface area contributed by atoms with E-state index in [-0.39, 0.29) is 18.5 Å². The summed E-state index contributed by atoms with van der Waals surface area (Å²) < 4.78 is 0. The lowest BCUT2D eigenvalue weighted by Crippen LogP contribution is -2.43. The SMILES string of the molecule is CNC(=O)C(C)(CCc1ccccc1[N+](=O)[O-])C(=O)O. The molecule has 0 aliphatic carbocycles. The van der Waals surface area contributed by atoms with Gasteiger partial charge in [-0.2, -0.15) is 0 Å². The lowest BCUT2D eigenvalue weighted by atomic mass is 9.83. The summed E-state index contributed by atoms with van der Waals surface area (Å²) in [7, 11) is 1.36. The fourth-order valence-corrected chi connectivity index (χ4v) is 1.88. The second kappa shape index (κ2) is 6.14. The summed E-state index contributed by atoms with van der Waals surface area (Å²) in [4.78, 5) is 33.3. The van der Waals surface area contributed by atoms with Crippen molar-refractivity contribution in [3.63, 3.8) is 0 Å². The Bertz CT molecular complexity index is 543. The number of carbonyl (C=O) groups is 2. The average Bonchev–Trinajstić information content (AvgIpc) is 2.43. The van der Waals surface area contributed by atoms with E-state index in [9.17, 15) is 24.8 Å². The highest BCUT2D eigenvalue weighted by molar-refractivity contribution is 6.01. The van der Waals surface area contributed by atoms with Gasteiger partial charge in [0.15, 0.2) is 0 Å². The number of hydrogen-bond donors (Lipinski definition) is 2. The second-order valence-electron chi connectivity index (χ2n) is 4.60. The van der Waals surface area contributed by atoms with Crippen LogP contribution < -0.4 is 5.32 Å². The van der Waals surface area contributed by atoms with Crippen LogP contribution in [-0.4, -0.2) is 29.0 Å². The summed E-state index contributed by atoms with van der Waals surface area (Å²) in [5.41, 5.74) is -1.27. The Kier molecular flexibility index (Phi) is 4.79. The molecule has 1 aromatic carbocycles. The van der Waals surface area contributed by atoms with Crippen molar-refractivity contribution in [3.05, 3.63) is 39.9 Å². The first kappa shape index (κ1) is 15.6. The average molecular weight is 280 g/mol. The van der Waals surface area contributed by atoms with Gasteiger partial charge >= 0.3 is 5.97 Å². The summed E-state index contributed by atoms with van der Waals surface area (Å²) in [6.45, 7) is 1.31. The van der Waals surface area contributed by atoms with Gasteiger partial charge in [-0.15, -0.1) is 0 Å². The number of amides is 1. The van der Waals surface area contributed by atoms with Crippen molar-refractivity contribution in [2.75, 3.05) is 7.05 Å². The van der Waals surface area contributed by atoms with E-state index in [4.69, 9.17) is 0 Å². The highest BCUT2D eigenvalue weighted by Gasteiger charge is 2.40. The molecule has 0 heterocycles. The number of aliphatic carboxylic acids is 1.